The summed E-state index contributed by atoms with van der Waals surface area (Å²) in [5, 5.41) is 24.0. The second-order valence-electron chi connectivity index (χ2n) is 12.8. The number of rotatable bonds is 11. The van der Waals surface area contributed by atoms with Crippen molar-refractivity contribution in [2.45, 2.75) is 32.0 Å². The van der Waals surface area contributed by atoms with Gasteiger partial charge in [-0.3, -0.25) is 19.3 Å². The molecule has 0 saturated carbocycles. The van der Waals surface area contributed by atoms with Crippen LogP contribution in [0.2, 0.25) is 5.02 Å². The summed E-state index contributed by atoms with van der Waals surface area (Å²) in [7, 11) is 0. The molecule has 0 saturated heterocycles. The molecule has 2 atom stereocenters. The van der Waals surface area contributed by atoms with Gasteiger partial charge >= 0.3 is 0 Å². The minimum Gasteiger partial charge on any atom is -0.395 e. The Balaban J connectivity index is 1.12. The first-order valence-corrected chi connectivity index (χ1v) is 17.0. The van der Waals surface area contributed by atoms with Gasteiger partial charge in [-0.25, -0.2) is 0 Å². The zero-order valence-electron chi connectivity index (χ0n) is 27.5. The summed E-state index contributed by atoms with van der Waals surface area (Å²) in [5.41, 5.74) is 2.85. The number of aliphatic hydroxyl groups excluding tert-OH is 1. The first kappa shape index (κ1) is 33.2. The lowest BCUT2D eigenvalue weighted by Crippen LogP contribution is -2.44. The third-order valence-corrected chi connectivity index (χ3v) is 9.85. The Kier molecular flexibility index (Phi) is 9.01. The van der Waals surface area contributed by atoms with Crippen molar-refractivity contribution in [3.8, 4) is 0 Å². The van der Waals surface area contributed by atoms with Crippen LogP contribution in [-0.2, 0) is 28.3 Å². The van der Waals surface area contributed by atoms with Crippen molar-refractivity contribution in [2.75, 3.05) is 23.0 Å². The van der Waals surface area contributed by atoms with E-state index >= 15 is 0 Å². The van der Waals surface area contributed by atoms with Crippen LogP contribution in [0.3, 0.4) is 0 Å². The van der Waals surface area contributed by atoms with Crippen LogP contribution >= 0.6 is 11.6 Å². The Bertz CT molecular complexity index is 2150. The van der Waals surface area contributed by atoms with Gasteiger partial charge in [0.15, 0.2) is 5.60 Å². The highest BCUT2D eigenvalue weighted by Crippen LogP contribution is 2.47. The summed E-state index contributed by atoms with van der Waals surface area (Å²) >= 11 is 6.40. The van der Waals surface area contributed by atoms with E-state index in [9.17, 15) is 24.6 Å². The number of hydrogen-bond donors (Lipinski definition) is 2. The van der Waals surface area contributed by atoms with E-state index in [2.05, 4.69) is 0 Å². The third-order valence-electron chi connectivity index (χ3n) is 9.61. The molecule has 0 aliphatic carbocycles. The zero-order valence-corrected chi connectivity index (χ0v) is 28.3. The Morgan fingerprint density at radius 3 is 2.42 bits per heavy atom. The Morgan fingerprint density at radius 1 is 0.900 bits per heavy atom. The van der Waals surface area contributed by atoms with Gasteiger partial charge in [0, 0.05) is 47.1 Å². The number of fused-ring (bicyclic) bond motifs is 1. The number of amides is 3. The molecule has 0 fully saturated rings. The van der Waals surface area contributed by atoms with E-state index in [4.69, 9.17) is 11.6 Å². The molecule has 2 heterocycles. The molecule has 2 N–H and O–H groups in total. The maximum atomic E-state index is 14.2. The number of nitrogens with zero attached hydrogens (tertiary/aromatic N) is 3. The predicted molar refractivity (Wildman–Crippen MR) is 195 cm³/mol. The van der Waals surface area contributed by atoms with E-state index in [1.54, 1.807) is 52.0 Å². The van der Waals surface area contributed by atoms with E-state index in [0.29, 0.717) is 34.1 Å². The molecular formula is C41H36ClN3O5. The molecular weight excluding hydrogens is 650 g/mol. The van der Waals surface area contributed by atoms with Gasteiger partial charge in [0.25, 0.3) is 11.8 Å². The summed E-state index contributed by atoms with van der Waals surface area (Å²) in [6, 6.07) is 33.7. The largest absolute Gasteiger partial charge is 0.395 e. The second-order valence-corrected chi connectivity index (χ2v) is 13.2. The lowest BCUT2D eigenvalue weighted by molar-refractivity contribution is -0.139. The number of halogens is 1. The summed E-state index contributed by atoms with van der Waals surface area (Å²) < 4.78 is 0. The fourth-order valence-corrected chi connectivity index (χ4v) is 7.25. The molecule has 5 aromatic carbocycles. The van der Waals surface area contributed by atoms with Gasteiger partial charge in [0.05, 0.1) is 30.1 Å². The van der Waals surface area contributed by atoms with Crippen LogP contribution in [0.1, 0.15) is 40.4 Å². The fraction of sp³-hybridized carbons (Fsp3) is 0.195. The minimum absolute atomic E-state index is 0.0349. The van der Waals surface area contributed by atoms with Crippen molar-refractivity contribution in [3.05, 3.63) is 149 Å². The van der Waals surface area contributed by atoms with Crippen LogP contribution in [0.15, 0.2) is 121 Å². The molecule has 0 spiro atoms. The van der Waals surface area contributed by atoms with E-state index in [-0.39, 0.29) is 37.9 Å². The summed E-state index contributed by atoms with van der Waals surface area (Å²) in [6.45, 7) is 2.27. The minimum atomic E-state index is -1.94. The predicted octanol–water partition coefficient (Wildman–Crippen LogP) is 7.12. The molecule has 0 unspecified atom stereocenters. The van der Waals surface area contributed by atoms with Crippen LogP contribution in [0.25, 0.3) is 10.8 Å². The number of anilines is 3. The maximum Gasteiger partial charge on any atom is 0.264 e. The van der Waals surface area contributed by atoms with Crippen molar-refractivity contribution in [2.24, 2.45) is 5.92 Å². The SMILES string of the molecule is C[C@H](/C=C/CC(=O)N(CCO)Cc1ccccc1)[C@@]1(O)C(=O)N(Cc2cccc(N3C(=O)c4cccc5cccc3c45)c2)c2ccc(Cl)cc21. The fourth-order valence-electron chi connectivity index (χ4n) is 7.08. The van der Waals surface area contributed by atoms with E-state index < -0.39 is 17.4 Å². The topological polar surface area (TPSA) is 101 Å². The average molecular weight is 686 g/mol. The summed E-state index contributed by atoms with van der Waals surface area (Å²) in [6.07, 6.45) is 3.38. The maximum absolute atomic E-state index is 14.2. The quantitative estimate of drug-likeness (QED) is 0.144. The van der Waals surface area contributed by atoms with Gasteiger partial charge < -0.3 is 20.0 Å². The van der Waals surface area contributed by atoms with Crippen molar-refractivity contribution in [1.82, 2.24) is 4.90 Å². The highest BCUT2D eigenvalue weighted by atomic mass is 35.5. The molecule has 0 bridgehead atoms. The van der Waals surface area contributed by atoms with Gasteiger partial charge in [0.2, 0.25) is 5.91 Å². The standard InChI is InChI=1S/C41H36ClN3O5/c1-27(9-5-18-37(47)43(21-22-46)25-28-10-3-2-4-11-28)41(50)34-24-31(42)19-20-35(34)44(40(41)49)26-29-12-6-15-32(23-29)45-36-17-8-14-30-13-7-16-33(38(30)36)39(45)48/h2-17,19-20,23-24,27,46,50H,18,21-22,25-26H2,1H3/b9-5+/t27-,41+/m1/s1. The second kappa shape index (κ2) is 13.6. The molecule has 2 aliphatic heterocycles. The van der Waals surface area contributed by atoms with Crippen molar-refractivity contribution in [3.63, 3.8) is 0 Å². The molecule has 252 valence electrons. The molecule has 9 heteroatoms. The number of carbonyl (C=O) groups is 3. The molecule has 3 amide bonds. The van der Waals surface area contributed by atoms with Crippen LogP contribution in [-0.4, -0.2) is 46.0 Å². The number of aliphatic hydroxyl groups is 2. The molecule has 0 aromatic heterocycles. The molecule has 5 aromatic rings. The van der Waals surface area contributed by atoms with E-state index in [0.717, 1.165) is 27.6 Å². The molecule has 8 nitrogen and oxygen atoms in total. The molecule has 0 radical (unpaired) electrons. The van der Waals surface area contributed by atoms with Crippen LogP contribution in [0, 0.1) is 5.92 Å². The van der Waals surface area contributed by atoms with Gasteiger partial charge in [0.1, 0.15) is 0 Å². The summed E-state index contributed by atoms with van der Waals surface area (Å²) in [4.78, 5) is 45.8. The lowest BCUT2D eigenvalue weighted by Gasteiger charge is -2.28. The first-order valence-electron chi connectivity index (χ1n) is 16.6. The number of benzene rings is 5. The highest BCUT2D eigenvalue weighted by Gasteiger charge is 2.52. The van der Waals surface area contributed by atoms with Gasteiger partial charge in [-0.2, -0.15) is 0 Å². The van der Waals surface area contributed by atoms with Crippen molar-refractivity contribution in [1.29, 1.82) is 0 Å². The molecule has 50 heavy (non-hydrogen) atoms. The van der Waals surface area contributed by atoms with Crippen LogP contribution < -0.4 is 9.80 Å². The van der Waals surface area contributed by atoms with E-state index in [1.165, 1.54) is 0 Å². The van der Waals surface area contributed by atoms with Crippen molar-refractivity contribution >= 4 is 57.2 Å². The molecule has 7 rings (SSSR count). The zero-order chi connectivity index (χ0) is 35.0. The Labute approximate surface area is 295 Å². The van der Waals surface area contributed by atoms with Gasteiger partial charge in [-0.05, 0) is 59.0 Å². The number of hydrogen-bond acceptors (Lipinski definition) is 5. The Morgan fingerprint density at radius 2 is 1.64 bits per heavy atom. The van der Waals surface area contributed by atoms with Crippen LogP contribution in [0.5, 0.6) is 0 Å². The molecule has 2 aliphatic rings. The smallest absolute Gasteiger partial charge is 0.264 e. The highest BCUT2D eigenvalue weighted by molar-refractivity contribution is 6.31. The normalized spacial score (nSPS) is 17.2. The van der Waals surface area contributed by atoms with Crippen LogP contribution in [0.4, 0.5) is 17.1 Å². The lowest BCUT2D eigenvalue weighted by atomic mass is 9.83. The summed E-state index contributed by atoms with van der Waals surface area (Å²) in [5.74, 6) is -1.52. The monoisotopic (exact) mass is 685 g/mol. The van der Waals surface area contributed by atoms with Gasteiger partial charge in [-0.1, -0.05) is 97.4 Å². The third kappa shape index (κ3) is 5.85. The van der Waals surface area contributed by atoms with Crippen molar-refractivity contribution < 1.29 is 24.6 Å². The van der Waals surface area contributed by atoms with Gasteiger partial charge in [-0.15, -0.1) is 0 Å². The average Bonchev–Trinajstić information content (AvgIpc) is 3.53. The first-order chi connectivity index (χ1) is 24.2. The number of carbonyl (C=O) groups excluding carboxylic acids is 3. The Hall–Kier alpha value is -5.28. The van der Waals surface area contributed by atoms with E-state index in [1.807, 2.05) is 91.0 Å².